The maximum atomic E-state index is 7.00. The number of unbranched alkanes of at least 4 members (excludes halogenated alkanes) is 1. The van der Waals surface area contributed by atoms with Crippen LogP contribution in [0.3, 0.4) is 0 Å². The van der Waals surface area contributed by atoms with Gasteiger partial charge in [0.1, 0.15) is 0 Å². The molecule has 0 rings (SSSR count). The highest BCUT2D eigenvalue weighted by Crippen LogP contribution is 1.89. The summed E-state index contributed by atoms with van der Waals surface area (Å²) < 4.78 is 0. The molecule has 0 aromatic rings. The van der Waals surface area contributed by atoms with Gasteiger partial charge in [-0.2, -0.15) is 0 Å². The molecule has 0 fully saturated rings. The zero-order valence-electron chi connectivity index (χ0n) is 5.66. The molecule has 0 atom stereocenters. The van der Waals surface area contributed by atoms with Crippen LogP contribution in [0.5, 0.6) is 0 Å². The van der Waals surface area contributed by atoms with E-state index >= 15 is 0 Å². The summed E-state index contributed by atoms with van der Waals surface area (Å²) >= 11 is 3.29. The summed E-state index contributed by atoms with van der Waals surface area (Å²) in [5.74, 6) is 0. The number of nitrogens with two attached hydrogens (primary N) is 1. The molecule has 6 heteroatoms. The molecule has 4 N–H and O–H groups in total. The van der Waals surface area contributed by atoms with E-state index in [4.69, 9.17) is 15.8 Å². The molecule has 0 spiro atoms. The highest BCUT2D eigenvalue weighted by Gasteiger charge is 1.76. The molecule has 0 heterocycles. The molecule has 10 heavy (non-hydrogen) atoms. The van der Waals surface area contributed by atoms with Crippen molar-refractivity contribution in [1.29, 1.82) is 0 Å². The summed E-state index contributed by atoms with van der Waals surface area (Å²) in [5, 5.41) is 15.1. The van der Waals surface area contributed by atoms with Crippen molar-refractivity contribution in [1.82, 2.24) is 0 Å². The van der Waals surface area contributed by atoms with Gasteiger partial charge in [0, 0.05) is 5.33 Å². The minimum Gasteiger partial charge on any atom is -0.429 e. The summed E-state index contributed by atoms with van der Waals surface area (Å²) in [4.78, 5) is 0. The van der Waals surface area contributed by atoms with E-state index in [0.29, 0.717) is 0 Å². The third-order valence-electron chi connectivity index (χ3n) is 0.588. The van der Waals surface area contributed by atoms with Gasteiger partial charge < -0.3 is 15.8 Å². The Morgan fingerprint density at radius 3 is 1.80 bits per heavy atom. The first-order valence-electron chi connectivity index (χ1n) is 2.69. The van der Waals surface area contributed by atoms with Crippen LogP contribution in [-0.4, -0.2) is 29.6 Å². The Labute approximate surface area is 76.8 Å². The van der Waals surface area contributed by atoms with E-state index < -0.39 is 0 Å². The lowest BCUT2D eigenvalue weighted by atomic mass is 10.3. The zero-order chi connectivity index (χ0) is 7.54. The molecule has 0 aliphatic carbocycles. The summed E-state index contributed by atoms with van der Waals surface area (Å²) in [6, 6.07) is 0. The lowest BCUT2D eigenvalue weighted by molar-refractivity contribution is 0.448. The van der Waals surface area contributed by atoms with Crippen LogP contribution in [0.1, 0.15) is 12.8 Å². The van der Waals surface area contributed by atoms with Crippen LogP contribution in [0.25, 0.3) is 0 Å². The van der Waals surface area contributed by atoms with Gasteiger partial charge in [0.15, 0.2) is 0 Å². The van der Waals surface area contributed by atoms with Crippen molar-refractivity contribution in [2.24, 2.45) is 5.73 Å². The molecule has 63 valence electrons. The summed E-state index contributed by atoms with van der Waals surface area (Å²) in [7, 11) is 0. The predicted octanol–water partition coefficient (Wildman–Crippen LogP) is 0.0472. The fourth-order valence-electron chi connectivity index (χ4n) is 0.239. The predicted molar refractivity (Wildman–Crippen MR) is 49.5 cm³/mol. The molecule has 0 saturated carbocycles. The van der Waals surface area contributed by atoms with Crippen molar-refractivity contribution in [3.05, 3.63) is 0 Å². The van der Waals surface area contributed by atoms with E-state index in [1.165, 1.54) is 6.42 Å². The van der Waals surface area contributed by atoms with Gasteiger partial charge >= 0.3 is 7.69 Å². The quantitative estimate of drug-likeness (QED) is 0.366. The molecular formula is C4H13BBrClNO2. The maximum absolute atomic E-state index is 7.00. The second-order valence-corrected chi connectivity index (χ2v) is 2.09. The molecule has 0 bridgehead atoms. The van der Waals surface area contributed by atoms with Gasteiger partial charge in [-0.15, -0.1) is 12.4 Å². The lowest BCUT2D eigenvalue weighted by Crippen LogP contribution is -1.97. The van der Waals surface area contributed by atoms with E-state index in [9.17, 15) is 0 Å². The second-order valence-electron chi connectivity index (χ2n) is 1.30. The zero-order valence-corrected chi connectivity index (χ0v) is 8.07. The van der Waals surface area contributed by atoms with E-state index in [1.54, 1.807) is 0 Å². The van der Waals surface area contributed by atoms with Gasteiger partial charge in [0.05, 0.1) is 0 Å². The van der Waals surface area contributed by atoms with Crippen molar-refractivity contribution in [3.8, 4) is 0 Å². The minimum atomic E-state index is 0. The Bertz CT molecular complexity index is 42.4. The number of hydrogen-bond acceptors (Lipinski definition) is 3. The first-order valence-corrected chi connectivity index (χ1v) is 3.81. The number of rotatable bonds is 3. The minimum absolute atomic E-state index is 0. The van der Waals surface area contributed by atoms with Crippen LogP contribution in [0.4, 0.5) is 0 Å². The van der Waals surface area contributed by atoms with Crippen LogP contribution in [0.2, 0.25) is 0 Å². The van der Waals surface area contributed by atoms with Gasteiger partial charge in [-0.1, -0.05) is 15.9 Å². The highest BCUT2D eigenvalue weighted by atomic mass is 79.9. The Morgan fingerprint density at radius 1 is 1.30 bits per heavy atom. The van der Waals surface area contributed by atoms with Crippen LogP contribution >= 0.6 is 28.3 Å². The Balaban J connectivity index is -0.000000107. The summed E-state index contributed by atoms with van der Waals surface area (Å²) in [6.07, 6.45) is 2.35. The SMILES string of the molecule is Cl.NCCCCBr.O[B]O. The van der Waals surface area contributed by atoms with Crippen molar-refractivity contribution < 1.29 is 10.0 Å². The fraction of sp³-hybridized carbons (Fsp3) is 1.00. The Morgan fingerprint density at radius 2 is 1.70 bits per heavy atom. The monoisotopic (exact) mass is 232 g/mol. The van der Waals surface area contributed by atoms with Crippen LogP contribution in [0, 0.1) is 0 Å². The van der Waals surface area contributed by atoms with Crippen molar-refractivity contribution in [2.45, 2.75) is 12.8 Å². The van der Waals surface area contributed by atoms with E-state index in [2.05, 4.69) is 15.9 Å². The van der Waals surface area contributed by atoms with Gasteiger partial charge in [-0.05, 0) is 19.4 Å². The average molecular weight is 233 g/mol. The average Bonchev–Trinajstić information content (AvgIpc) is 1.86. The van der Waals surface area contributed by atoms with Crippen molar-refractivity contribution in [2.75, 3.05) is 11.9 Å². The van der Waals surface area contributed by atoms with Crippen LogP contribution in [0.15, 0.2) is 0 Å². The Kier molecular flexibility index (Phi) is 38.4. The molecule has 1 radical (unpaired) electrons. The first kappa shape index (κ1) is 17.0. The molecule has 0 saturated heterocycles. The van der Waals surface area contributed by atoms with E-state index in [0.717, 1.165) is 18.3 Å². The lowest BCUT2D eigenvalue weighted by Gasteiger charge is -1.85. The van der Waals surface area contributed by atoms with Gasteiger partial charge in [0.2, 0.25) is 0 Å². The second kappa shape index (κ2) is 22.6. The van der Waals surface area contributed by atoms with Gasteiger partial charge in [-0.3, -0.25) is 0 Å². The van der Waals surface area contributed by atoms with Gasteiger partial charge in [0.25, 0.3) is 0 Å². The third kappa shape index (κ3) is 37.6. The van der Waals surface area contributed by atoms with Crippen LogP contribution in [-0.2, 0) is 0 Å². The molecular weight excluding hydrogens is 220 g/mol. The molecule has 3 nitrogen and oxygen atoms in total. The van der Waals surface area contributed by atoms with Crippen LogP contribution < -0.4 is 5.73 Å². The van der Waals surface area contributed by atoms with Crippen molar-refractivity contribution in [3.63, 3.8) is 0 Å². The fourth-order valence-corrected chi connectivity index (χ4v) is 0.635. The molecule has 0 amide bonds. The highest BCUT2D eigenvalue weighted by molar-refractivity contribution is 9.09. The van der Waals surface area contributed by atoms with Gasteiger partial charge in [-0.25, -0.2) is 0 Å². The number of halogens is 2. The first-order chi connectivity index (χ1) is 4.33. The largest absolute Gasteiger partial charge is 0.482 e. The third-order valence-corrected chi connectivity index (χ3v) is 1.15. The van der Waals surface area contributed by atoms with E-state index in [1.807, 2.05) is 0 Å². The Hall–Kier alpha value is 0.715. The molecule has 0 aromatic heterocycles. The molecule has 0 aliphatic heterocycles. The van der Waals surface area contributed by atoms with E-state index in [-0.39, 0.29) is 20.1 Å². The number of hydrogen-bond donors (Lipinski definition) is 3. The molecule has 0 unspecified atom stereocenters. The molecule has 0 aliphatic rings. The van der Waals surface area contributed by atoms with Crippen molar-refractivity contribution >= 4 is 36.0 Å². The topological polar surface area (TPSA) is 66.5 Å². The summed E-state index contributed by atoms with van der Waals surface area (Å²) in [6.45, 7) is 0.825. The maximum Gasteiger partial charge on any atom is 0.482 e. The standard InChI is InChI=1S/C4H10BrN.BH2O2.ClH/c5-3-1-2-4-6;2-1-3;/h1-4,6H2;2-3H;1H. The molecule has 0 aromatic carbocycles. The smallest absolute Gasteiger partial charge is 0.429 e. The normalized spacial score (nSPS) is 6.80. The summed E-state index contributed by atoms with van der Waals surface area (Å²) in [5.41, 5.74) is 5.19. The number of alkyl halides is 1.